The third kappa shape index (κ3) is 4.13. The van der Waals surface area contributed by atoms with Gasteiger partial charge in [0, 0.05) is 24.0 Å². The first-order valence-corrected chi connectivity index (χ1v) is 7.95. The molecule has 1 heterocycles. The molecule has 0 radical (unpaired) electrons. The summed E-state index contributed by atoms with van der Waals surface area (Å²) in [7, 11) is 0. The number of aryl methyl sites for hydroxylation is 1. The molecule has 1 aromatic heterocycles. The van der Waals surface area contributed by atoms with Crippen LogP contribution < -0.4 is 0 Å². The van der Waals surface area contributed by atoms with Crippen molar-refractivity contribution < 1.29 is 5.11 Å². The van der Waals surface area contributed by atoms with Crippen LogP contribution in [0.5, 0.6) is 0 Å². The maximum atomic E-state index is 9.09. The monoisotopic (exact) mass is 290 g/mol. The smallest absolute Gasteiger partial charge is 0.123 e. The van der Waals surface area contributed by atoms with E-state index in [4.69, 9.17) is 10.1 Å². The Morgan fingerprint density at radius 3 is 2.60 bits per heavy atom. The molecule has 1 aromatic carbocycles. The predicted molar refractivity (Wildman–Crippen MR) is 84.9 cm³/mol. The lowest BCUT2D eigenvalue weighted by molar-refractivity contribution is 0.189. The van der Waals surface area contributed by atoms with Crippen LogP contribution in [-0.4, -0.2) is 34.7 Å². The minimum absolute atomic E-state index is 0.203. The third-order valence-corrected chi connectivity index (χ3v) is 4.13. The van der Waals surface area contributed by atoms with Gasteiger partial charge in [-0.15, -0.1) is 11.3 Å². The van der Waals surface area contributed by atoms with E-state index in [2.05, 4.69) is 48.4 Å². The van der Waals surface area contributed by atoms with Gasteiger partial charge in [0.05, 0.1) is 12.3 Å². The fourth-order valence-corrected chi connectivity index (χ4v) is 2.98. The number of aliphatic hydroxyl groups is 1. The number of aliphatic hydroxyl groups excluding tert-OH is 1. The molecule has 1 N–H and O–H groups in total. The third-order valence-electron chi connectivity index (χ3n) is 3.19. The summed E-state index contributed by atoms with van der Waals surface area (Å²) in [5.41, 5.74) is 3.53. The number of hydrogen-bond donors (Lipinski definition) is 1. The zero-order valence-corrected chi connectivity index (χ0v) is 13.0. The molecule has 0 unspecified atom stereocenters. The number of nitrogens with zero attached hydrogens (tertiary/aromatic N) is 2. The molecule has 0 aliphatic rings. The molecular formula is C16H22N2OS. The molecule has 108 valence electrons. The molecule has 0 amide bonds. The van der Waals surface area contributed by atoms with E-state index in [1.807, 2.05) is 0 Å². The summed E-state index contributed by atoms with van der Waals surface area (Å²) in [6.45, 7) is 6.98. The van der Waals surface area contributed by atoms with Crippen molar-refractivity contribution in [3.05, 3.63) is 40.9 Å². The van der Waals surface area contributed by atoms with Gasteiger partial charge in [-0.3, -0.25) is 4.90 Å². The second kappa shape index (κ2) is 7.53. The normalized spacial score (nSPS) is 11.2. The van der Waals surface area contributed by atoms with Crippen molar-refractivity contribution in [3.63, 3.8) is 0 Å². The average molecular weight is 290 g/mol. The molecule has 0 saturated heterocycles. The Morgan fingerprint density at radius 2 is 1.95 bits per heavy atom. The Hall–Kier alpha value is -1.23. The molecule has 0 aliphatic carbocycles. The summed E-state index contributed by atoms with van der Waals surface area (Å²) in [6, 6.07) is 8.47. The van der Waals surface area contributed by atoms with Crippen LogP contribution in [0.2, 0.25) is 0 Å². The highest BCUT2D eigenvalue weighted by Gasteiger charge is 2.09. The second-order valence-corrected chi connectivity index (χ2v) is 5.87. The fourth-order valence-electron chi connectivity index (χ4n) is 2.16. The number of thiazole rings is 1. The molecule has 0 saturated carbocycles. The number of hydrogen-bond acceptors (Lipinski definition) is 4. The minimum Gasteiger partial charge on any atom is -0.395 e. The molecular weight excluding hydrogens is 268 g/mol. The number of rotatable bonds is 7. The Bertz CT molecular complexity index is 516. The van der Waals surface area contributed by atoms with Crippen molar-refractivity contribution in [2.45, 2.75) is 26.8 Å². The average Bonchev–Trinajstić information content (AvgIpc) is 2.89. The molecule has 2 aromatic rings. The molecule has 0 spiro atoms. The maximum absolute atomic E-state index is 9.09. The first kappa shape index (κ1) is 15.2. The van der Waals surface area contributed by atoms with Crippen molar-refractivity contribution in [2.24, 2.45) is 0 Å². The van der Waals surface area contributed by atoms with Gasteiger partial charge in [-0.05, 0) is 19.9 Å². The van der Waals surface area contributed by atoms with Gasteiger partial charge in [0.2, 0.25) is 0 Å². The van der Waals surface area contributed by atoms with E-state index in [1.165, 1.54) is 11.1 Å². The van der Waals surface area contributed by atoms with Crippen LogP contribution >= 0.6 is 11.3 Å². The Balaban J connectivity index is 2.06. The van der Waals surface area contributed by atoms with E-state index in [0.29, 0.717) is 6.54 Å². The Labute approximate surface area is 124 Å². The molecule has 0 fully saturated rings. The Morgan fingerprint density at radius 1 is 1.20 bits per heavy atom. The van der Waals surface area contributed by atoms with Gasteiger partial charge in [-0.2, -0.15) is 0 Å². The Kier molecular flexibility index (Phi) is 5.71. The lowest BCUT2D eigenvalue weighted by Crippen LogP contribution is -2.27. The highest BCUT2D eigenvalue weighted by molar-refractivity contribution is 7.13. The maximum Gasteiger partial charge on any atom is 0.123 e. The van der Waals surface area contributed by atoms with Gasteiger partial charge in [0.1, 0.15) is 5.01 Å². The summed E-state index contributed by atoms with van der Waals surface area (Å²) in [5.74, 6) is 0. The minimum atomic E-state index is 0.203. The fraction of sp³-hybridized carbons (Fsp3) is 0.438. The van der Waals surface area contributed by atoms with Gasteiger partial charge < -0.3 is 5.11 Å². The van der Waals surface area contributed by atoms with Crippen molar-refractivity contribution in [1.82, 2.24) is 9.88 Å². The van der Waals surface area contributed by atoms with Crippen LogP contribution in [0.15, 0.2) is 29.6 Å². The molecule has 2 rings (SSSR count). The summed E-state index contributed by atoms with van der Waals surface area (Å²) >= 11 is 1.69. The van der Waals surface area contributed by atoms with Crippen LogP contribution in [0.1, 0.15) is 24.6 Å². The summed E-state index contributed by atoms with van der Waals surface area (Å²) in [5, 5.41) is 12.3. The van der Waals surface area contributed by atoms with E-state index in [1.54, 1.807) is 11.3 Å². The van der Waals surface area contributed by atoms with Crippen molar-refractivity contribution in [1.29, 1.82) is 0 Å². The van der Waals surface area contributed by atoms with Crippen molar-refractivity contribution in [2.75, 3.05) is 19.7 Å². The van der Waals surface area contributed by atoms with Crippen molar-refractivity contribution >= 4 is 11.3 Å². The second-order valence-electron chi connectivity index (χ2n) is 5.01. The first-order chi connectivity index (χ1) is 9.72. The predicted octanol–water partition coefficient (Wildman–Crippen LogP) is 3.32. The van der Waals surface area contributed by atoms with Crippen LogP contribution in [0, 0.1) is 6.92 Å². The molecule has 20 heavy (non-hydrogen) atoms. The van der Waals surface area contributed by atoms with Crippen molar-refractivity contribution in [3.8, 4) is 10.6 Å². The molecule has 0 aliphatic heterocycles. The summed E-state index contributed by atoms with van der Waals surface area (Å²) < 4.78 is 0. The van der Waals surface area contributed by atoms with Gasteiger partial charge >= 0.3 is 0 Å². The first-order valence-electron chi connectivity index (χ1n) is 7.07. The zero-order valence-electron chi connectivity index (χ0n) is 12.2. The van der Waals surface area contributed by atoms with Gasteiger partial charge in [0.15, 0.2) is 0 Å². The van der Waals surface area contributed by atoms with Crippen LogP contribution in [0.3, 0.4) is 0 Å². The van der Waals surface area contributed by atoms with E-state index in [9.17, 15) is 0 Å². The van der Waals surface area contributed by atoms with E-state index >= 15 is 0 Å². The molecule has 0 atom stereocenters. The number of benzene rings is 1. The quantitative estimate of drug-likeness (QED) is 0.850. The van der Waals surface area contributed by atoms with Crippen LogP contribution in [0.25, 0.3) is 10.6 Å². The number of aromatic nitrogens is 1. The van der Waals surface area contributed by atoms with Gasteiger partial charge in [-0.25, -0.2) is 4.98 Å². The molecule has 4 heteroatoms. The highest BCUT2D eigenvalue weighted by Crippen LogP contribution is 2.24. The highest BCUT2D eigenvalue weighted by atomic mass is 32.1. The van der Waals surface area contributed by atoms with E-state index < -0.39 is 0 Å². The largest absolute Gasteiger partial charge is 0.395 e. The lowest BCUT2D eigenvalue weighted by Gasteiger charge is -2.18. The topological polar surface area (TPSA) is 36.4 Å². The summed E-state index contributed by atoms with van der Waals surface area (Å²) in [6.07, 6.45) is 1.09. The van der Waals surface area contributed by atoms with E-state index in [0.717, 1.165) is 30.2 Å². The zero-order chi connectivity index (χ0) is 14.4. The summed E-state index contributed by atoms with van der Waals surface area (Å²) in [4.78, 5) is 6.95. The van der Waals surface area contributed by atoms with Crippen LogP contribution in [0.4, 0.5) is 0 Å². The molecule has 3 nitrogen and oxygen atoms in total. The molecule has 0 bridgehead atoms. The standard InChI is InChI=1S/C16H22N2OS/c1-3-8-18(9-10-19)11-15-12-20-16(17-15)14-6-4-13(2)5-7-14/h4-7,12,19H,3,8-11H2,1-2H3. The SMILES string of the molecule is CCCN(CCO)Cc1csc(-c2ccc(C)cc2)n1. The van der Waals surface area contributed by atoms with E-state index in [-0.39, 0.29) is 6.61 Å². The van der Waals surface area contributed by atoms with Gasteiger partial charge in [-0.1, -0.05) is 36.8 Å². The lowest BCUT2D eigenvalue weighted by atomic mass is 10.2. The van der Waals surface area contributed by atoms with Crippen LogP contribution in [-0.2, 0) is 6.54 Å². The van der Waals surface area contributed by atoms with Gasteiger partial charge in [0.25, 0.3) is 0 Å².